The average molecular weight is 379 g/mol. The van der Waals surface area contributed by atoms with Crippen molar-refractivity contribution in [1.82, 2.24) is 20.9 Å². The Labute approximate surface area is 155 Å². The lowest BCUT2D eigenvalue weighted by molar-refractivity contribution is -0.138. The van der Waals surface area contributed by atoms with E-state index in [9.17, 15) is 23.9 Å². The Morgan fingerprint density at radius 2 is 1.89 bits per heavy atom. The summed E-state index contributed by atoms with van der Waals surface area (Å²) in [5.41, 5.74) is 0.875. The van der Waals surface area contributed by atoms with Gasteiger partial charge >= 0.3 is 6.03 Å². The maximum atomic E-state index is 13.0. The molecule has 0 radical (unpaired) electrons. The molecule has 0 spiro atoms. The molecule has 4 amide bonds. The van der Waals surface area contributed by atoms with Gasteiger partial charge in [0.25, 0.3) is 0 Å². The zero-order valence-corrected chi connectivity index (χ0v) is 14.7. The number of nitrogens with zero attached hydrogens (tertiary/aromatic N) is 2. The van der Waals surface area contributed by atoms with Crippen molar-refractivity contribution >= 4 is 23.5 Å². The van der Waals surface area contributed by atoms with Crippen LogP contribution in [0.1, 0.15) is 0 Å². The van der Waals surface area contributed by atoms with Crippen LogP contribution in [-0.4, -0.2) is 79.3 Å². The number of amides is 4. The van der Waals surface area contributed by atoms with Crippen molar-refractivity contribution in [3.05, 3.63) is 30.1 Å². The molecule has 2 aliphatic heterocycles. The summed E-state index contributed by atoms with van der Waals surface area (Å²) in [6.07, 6.45) is 0. The number of halogens is 1. The number of nitrogens with one attached hydrogen (secondary N) is 3. The SMILES string of the molecule is O=C1NCC(C(=O)NC(CO)C(=O)N2CCN(c3ccc(F)cc3)CC2)N1. The van der Waals surface area contributed by atoms with Crippen LogP contribution in [0.3, 0.4) is 0 Å². The molecular weight excluding hydrogens is 357 g/mol. The van der Waals surface area contributed by atoms with Gasteiger partial charge < -0.3 is 30.9 Å². The van der Waals surface area contributed by atoms with Gasteiger partial charge in [-0.25, -0.2) is 9.18 Å². The van der Waals surface area contributed by atoms with E-state index in [0.29, 0.717) is 26.2 Å². The maximum absolute atomic E-state index is 13.0. The van der Waals surface area contributed by atoms with Crippen LogP contribution < -0.4 is 20.9 Å². The number of carbonyl (C=O) groups is 3. The number of aliphatic hydroxyl groups is 1. The monoisotopic (exact) mass is 379 g/mol. The van der Waals surface area contributed by atoms with Gasteiger partial charge in [-0.15, -0.1) is 0 Å². The fourth-order valence-electron chi connectivity index (χ4n) is 3.13. The van der Waals surface area contributed by atoms with Crippen LogP contribution in [-0.2, 0) is 9.59 Å². The molecule has 0 bridgehead atoms. The van der Waals surface area contributed by atoms with Crippen molar-refractivity contribution in [3.63, 3.8) is 0 Å². The van der Waals surface area contributed by atoms with Crippen LogP contribution in [0.2, 0.25) is 0 Å². The van der Waals surface area contributed by atoms with Crippen LogP contribution in [0.4, 0.5) is 14.9 Å². The van der Waals surface area contributed by atoms with Gasteiger partial charge in [0.05, 0.1) is 6.61 Å². The lowest BCUT2D eigenvalue weighted by atomic mass is 10.2. The summed E-state index contributed by atoms with van der Waals surface area (Å²) in [5, 5.41) is 16.9. The highest BCUT2D eigenvalue weighted by atomic mass is 19.1. The van der Waals surface area contributed by atoms with Crippen molar-refractivity contribution in [2.45, 2.75) is 12.1 Å². The van der Waals surface area contributed by atoms with Gasteiger partial charge in [0.1, 0.15) is 17.9 Å². The molecule has 2 fully saturated rings. The highest BCUT2D eigenvalue weighted by molar-refractivity contribution is 5.93. The van der Waals surface area contributed by atoms with Gasteiger partial charge in [-0.2, -0.15) is 0 Å². The van der Waals surface area contributed by atoms with E-state index in [4.69, 9.17) is 0 Å². The second-order valence-electron chi connectivity index (χ2n) is 6.44. The van der Waals surface area contributed by atoms with E-state index in [2.05, 4.69) is 16.0 Å². The van der Waals surface area contributed by atoms with Crippen LogP contribution in [0.15, 0.2) is 24.3 Å². The quantitative estimate of drug-likeness (QED) is 0.504. The van der Waals surface area contributed by atoms with E-state index in [1.165, 1.54) is 12.1 Å². The lowest BCUT2D eigenvalue weighted by Gasteiger charge is -2.37. The molecule has 0 aromatic heterocycles. The van der Waals surface area contributed by atoms with Crippen molar-refractivity contribution in [1.29, 1.82) is 0 Å². The first-order chi connectivity index (χ1) is 13.0. The number of hydrogen-bond acceptors (Lipinski definition) is 5. The maximum Gasteiger partial charge on any atom is 0.315 e. The van der Waals surface area contributed by atoms with Crippen LogP contribution in [0, 0.1) is 5.82 Å². The second kappa shape index (κ2) is 8.21. The number of benzene rings is 1. The van der Waals surface area contributed by atoms with Gasteiger partial charge in [0, 0.05) is 38.4 Å². The Morgan fingerprint density at radius 1 is 1.22 bits per heavy atom. The van der Waals surface area contributed by atoms with Gasteiger partial charge in [-0.3, -0.25) is 9.59 Å². The summed E-state index contributed by atoms with van der Waals surface area (Å²) in [7, 11) is 0. The first-order valence-electron chi connectivity index (χ1n) is 8.73. The topological polar surface area (TPSA) is 114 Å². The number of rotatable bonds is 5. The Balaban J connectivity index is 1.53. The molecule has 3 rings (SSSR count). The zero-order chi connectivity index (χ0) is 19.4. The van der Waals surface area contributed by atoms with Crippen molar-refractivity contribution in [2.75, 3.05) is 44.2 Å². The van der Waals surface area contributed by atoms with Gasteiger partial charge in [0.2, 0.25) is 11.8 Å². The van der Waals surface area contributed by atoms with Crippen molar-refractivity contribution in [2.24, 2.45) is 0 Å². The Bertz CT molecular complexity index is 706. The first kappa shape index (κ1) is 18.9. The lowest BCUT2D eigenvalue weighted by Crippen LogP contribution is -2.58. The van der Waals surface area contributed by atoms with Crippen molar-refractivity contribution in [3.8, 4) is 0 Å². The van der Waals surface area contributed by atoms with E-state index in [1.807, 2.05) is 4.90 Å². The minimum Gasteiger partial charge on any atom is -0.394 e. The highest BCUT2D eigenvalue weighted by Crippen LogP contribution is 2.17. The molecule has 2 heterocycles. The molecule has 146 valence electrons. The molecule has 2 atom stereocenters. The van der Waals surface area contributed by atoms with E-state index in [1.54, 1.807) is 17.0 Å². The molecule has 2 saturated heterocycles. The third kappa shape index (κ3) is 4.45. The van der Waals surface area contributed by atoms with Crippen LogP contribution >= 0.6 is 0 Å². The Morgan fingerprint density at radius 3 is 2.44 bits per heavy atom. The molecule has 4 N–H and O–H groups in total. The number of aliphatic hydroxyl groups excluding tert-OH is 1. The molecule has 2 unspecified atom stereocenters. The van der Waals surface area contributed by atoms with Crippen LogP contribution in [0.25, 0.3) is 0 Å². The summed E-state index contributed by atoms with van der Waals surface area (Å²) in [6, 6.07) is 3.88. The van der Waals surface area contributed by atoms with E-state index < -0.39 is 30.6 Å². The summed E-state index contributed by atoms with van der Waals surface area (Å²) in [5.74, 6) is -1.20. The highest BCUT2D eigenvalue weighted by Gasteiger charge is 2.32. The number of urea groups is 1. The molecular formula is C17H22FN5O4. The third-order valence-corrected chi connectivity index (χ3v) is 4.67. The fraction of sp³-hybridized carbons (Fsp3) is 0.471. The Kier molecular flexibility index (Phi) is 5.75. The first-order valence-corrected chi connectivity index (χ1v) is 8.73. The predicted octanol–water partition coefficient (Wildman–Crippen LogP) is -1.37. The van der Waals surface area contributed by atoms with Gasteiger partial charge in [0.15, 0.2) is 0 Å². The van der Waals surface area contributed by atoms with Gasteiger partial charge in [-0.05, 0) is 24.3 Å². The average Bonchev–Trinajstić information content (AvgIpc) is 3.13. The van der Waals surface area contributed by atoms with Crippen molar-refractivity contribution < 1.29 is 23.9 Å². The molecule has 1 aromatic carbocycles. The van der Waals surface area contributed by atoms with E-state index in [-0.39, 0.29) is 18.3 Å². The van der Waals surface area contributed by atoms with E-state index >= 15 is 0 Å². The molecule has 1 aromatic rings. The summed E-state index contributed by atoms with van der Waals surface area (Å²) < 4.78 is 13.0. The fourth-order valence-corrected chi connectivity index (χ4v) is 3.13. The summed E-state index contributed by atoms with van der Waals surface area (Å²) in [4.78, 5) is 39.5. The predicted molar refractivity (Wildman–Crippen MR) is 94.5 cm³/mol. The van der Waals surface area contributed by atoms with Gasteiger partial charge in [-0.1, -0.05) is 0 Å². The van der Waals surface area contributed by atoms with Crippen LogP contribution in [0.5, 0.6) is 0 Å². The summed E-state index contributed by atoms with van der Waals surface area (Å²) in [6.45, 7) is 1.57. The minimum atomic E-state index is -1.06. The molecule has 27 heavy (non-hydrogen) atoms. The Hall–Kier alpha value is -2.88. The molecule has 10 heteroatoms. The summed E-state index contributed by atoms with van der Waals surface area (Å²) >= 11 is 0. The molecule has 0 saturated carbocycles. The smallest absolute Gasteiger partial charge is 0.315 e. The van der Waals surface area contributed by atoms with E-state index in [0.717, 1.165) is 5.69 Å². The standard InChI is InChI=1S/C17H22FN5O4/c18-11-1-3-12(4-2-11)22-5-7-23(8-6-22)16(26)14(10-24)20-15(25)13-9-19-17(27)21-13/h1-4,13-14,24H,5-10H2,(H,20,25)(H2,19,21,27). The number of anilines is 1. The number of piperazine rings is 1. The second-order valence-corrected chi connectivity index (χ2v) is 6.44. The largest absolute Gasteiger partial charge is 0.394 e. The number of carbonyl (C=O) groups excluding carboxylic acids is 3. The number of hydrogen-bond donors (Lipinski definition) is 4. The molecule has 0 aliphatic carbocycles. The third-order valence-electron chi connectivity index (χ3n) is 4.67. The molecule has 9 nitrogen and oxygen atoms in total. The zero-order valence-electron chi connectivity index (χ0n) is 14.7. The molecule has 2 aliphatic rings. The minimum absolute atomic E-state index is 0.132. The normalized spacial score (nSPS) is 20.7.